The van der Waals surface area contributed by atoms with E-state index in [-0.39, 0.29) is 36.1 Å². The summed E-state index contributed by atoms with van der Waals surface area (Å²) in [6, 6.07) is 0.675. The first-order chi connectivity index (χ1) is 12.7. The zero-order chi connectivity index (χ0) is 20.0. The number of amides is 1. The Morgan fingerprint density at radius 1 is 1.21 bits per heavy atom. The SMILES string of the molecule is CCN1CCN(C(C)CNC(=NC)NC2CN(C(=O)OC(C)(C)C)C2)CC1.I. The van der Waals surface area contributed by atoms with Crippen molar-refractivity contribution in [1.82, 2.24) is 25.3 Å². The summed E-state index contributed by atoms with van der Waals surface area (Å²) in [6.07, 6.45) is -0.247. The lowest BCUT2D eigenvalue weighted by Crippen LogP contribution is -2.63. The predicted octanol–water partition coefficient (Wildman–Crippen LogP) is 1.41. The van der Waals surface area contributed by atoms with E-state index in [0.717, 1.165) is 45.2 Å². The van der Waals surface area contributed by atoms with Gasteiger partial charge in [0.2, 0.25) is 0 Å². The summed E-state index contributed by atoms with van der Waals surface area (Å²) in [7, 11) is 1.78. The van der Waals surface area contributed by atoms with E-state index >= 15 is 0 Å². The third-order valence-electron chi connectivity index (χ3n) is 5.14. The van der Waals surface area contributed by atoms with E-state index < -0.39 is 5.60 Å². The minimum Gasteiger partial charge on any atom is -0.444 e. The molecule has 2 aliphatic heterocycles. The number of hydrogen-bond donors (Lipinski definition) is 2. The number of carbonyl (C=O) groups is 1. The smallest absolute Gasteiger partial charge is 0.410 e. The first-order valence-corrected chi connectivity index (χ1v) is 10.1. The number of rotatable bonds is 5. The third kappa shape index (κ3) is 7.90. The Labute approximate surface area is 187 Å². The number of hydrogen-bond acceptors (Lipinski definition) is 5. The largest absolute Gasteiger partial charge is 0.444 e. The molecule has 2 fully saturated rings. The Morgan fingerprint density at radius 2 is 1.82 bits per heavy atom. The Hall–Kier alpha value is -0.810. The highest BCUT2D eigenvalue weighted by molar-refractivity contribution is 14.0. The molecule has 8 nitrogen and oxygen atoms in total. The lowest BCUT2D eigenvalue weighted by Gasteiger charge is -2.41. The molecule has 1 atom stereocenters. The normalized spacial score (nSPS) is 20.8. The summed E-state index contributed by atoms with van der Waals surface area (Å²) in [4.78, 5) is 23.0. The fourth-order valence-corrected chi connectivity index (χ4v) is 3.33. The number of nitrogens with zero attached hydrogens (tertiary/aromatic N) is 4. The zero-order valence-corrected chi connectivity index (χ0v) is 20.7. The van der Waals surface area contributed by atoms with Gasteiger partial charge in [-0.25, -0.2) is 4.79 Å². The van der Waals surface area contributed by atoms with Gasteiger partial charge >= 0.3 is 6.09 Å². The maximum absolute atomic E-state index is 12.0. The highest BCUT2D eigenvalue weighted by atomic mass is 127. The molecular formula is C19H39IN6O2. The molecule has 0 aliphatic carbocycles. The van der Waals surface area contributed by atoms with Crippen LogP contribution in [0.15, 0.2) is 4.99 Å². The van der Waals surface area contributed by atoms with Gasteiger partial charge in [0.15, 0.2) is 5.96 Å². The molecule has 2 heterocycles. The molecule has 0 radical (unpaired) electrons. The number of carbonyl (C=O) groups excluding carboxylic acids is 1. The van der Waals surface area contributed by atoms with E-state index in [9.17, 15) is 4.79 Å². The van der Waals surface area contributed by atoms with Crippen LogP contribution in [-0.4, -0.2) is 104 Å². The molecule has 1 amide bonds. The van der Waals surface area contributed by atoms with Crippen molar-refractivity contribution in [2.24, 2.45) is 4.99 Å². The molecule has 0 bridgehead atoms. The summed E-state index contributed by atoms with van der Waals surface area (Å²) in [5, 5.41) is 6.81. The molecule has 0 aromatic carbocycles. The second-order valence-electron chi connectivity index (χ2n) is 8.50. The van der Waals surface area contributed by atoms with Gasteiger partial charge in [0.05, 0.1) is 6.04 Å². The Morgan fingerprint density at radius 3 is 2.32 bits per heavy atom. The average molecular weight is 510 g/mol. The second-order valence-corrected chi connectivity index (χ2v) is 8.50. The van der Waals surface area contributed by atoms with E-state index in [1.165, 1.54) is 0 Å². The maximum Gasteiger partial charge on any atom is 0.410 e. The topological polar surface area (TPSA) is 72.4 Å². The van der Waals surface area contributed by atoms with Gasteiger partial charge in [-0.3, -0.25) is 9.89 Å². The van der Waals surface area contributed by atoms with Crippen molar-refractivity contribution in [2.75, 3.05) is 59.4 Å². The molecule has 2 N–H and O–H groups in total. The van der Waals surface area contributed by atoms with Crippen molar-refractivity contribution < 1.29 is 9.53 Å². The number of piperazine rings is 1. The maximum atomic E-state index is 12.0. The average Bonchev–Trinajstić information content (AvgIpc) is 2.58. The van der Waals surface area contributed by atoms with Gasteiger partial charge in [-0.2, -0.15) is 0 Å². The van der Waals surface area contributed by atoms with Gasteiger partial charge in [-0.1, -0.05) is 6.92 Å². The van der Waals surface area contributed by atoms with Gasteiger partial charge in [-0.15, -0.1) is 24.0 Å². The van der Waals surface area contributed by atoms with E-state index in [2.05, 4.69) is 39.3 Å². The van der Waals surface area contributed by atoms with Crippen LogP contribution < -0.4 is 10.6 Å². The highest BCUT2D eigenvalue weighted by Crippen LogP contribution is 2.15. The molecule has 9 heteroatoms. The lowest BCUT2D eigenvalue weighted by molar-refractivity contribution is 0.00700. The fourth-order valence-electron chi connectivity index (χ4n) is 3.33. The Balaban J connectivity index is 0.00000392. The summed E-state index contributed by atoms with van der Waals surface area (Å²) in [5.74, 6) is 0.794. The van der Waals surface area contributed by atoms with E-state index in [0.29, 0.717) is 19.1 Å². The molecule has 164 valence electrons. The molecule has 2 aliphatic rings. The predicted molar refractivity (Wildman–Crippen MR) is 125 cm³/mol. The van der Waals surface area contributed by atoms with Crippen LogP contribution in [-0.2, 0) is 4.74 Å². The second kappa shape index (κ2) is 11.4. The monoisotopic (exact) mass is 510 g/mol. The quantitative estimate of drug-likeness (QED) is 0.331. The number of ether oxygens (including phenoxy) is 1. The number of aliphatic imine (C=N–C) groups is 1. The molecule has 0 aromatic heterocycles. The van der Waals surface area contributed by atoms with Gasteiger partial charge in [0, 0.05) is 58.9 Å². The molecule has 0 aromatic rings. The lowest BCUT2D eigenvalue weighted by atomic mass is 10.1. The van der Waals surface area contributed by atoms with Gasteiger partial charge < -0.3 is 25.2 Å². The molecular weight excluding hydrogens is 471 g/mol. The molecule has 28 heavy (non-hydrogen) atoms. The molecule has 1 unspecified atom stereocenters. The van der Waals surface area contributed by atoms with E-state index in [1.54, 1.807) is 11.9 Å². The minimum absolute atomic E-state index is 0. The van der Waals surface area contributed by atoms with Gasteiger partial charge in [0.25, 0.3) is 0 Å². The number of guanidine groups is 1. The van der Waals surface area contributed by atoms with Crippen LogP contribution in [0.2, 0.25) is 0 Å². The van der Waals surface area contributed by atoms with Crippen molar-refractivity contribution in [3.8, 4) is 0 Å². The molecule has 2 rings (SSSR count). The molecule has 2 saturated heterocycles. The number of nitrogens with one attached hydrogen (secondary N) is 2. The minimum atomic E-state index is -0.452. The van der Waals surface area contributed by atoms with Crippen LogP contribution in [0.3, 0.4) is 0 Å². The van der Waals surface area contributed by atoms with Crippen molar-refractivity contribution in [3.05, 3.63) is 0 Å². The first-order valence-electron chi connectivity index (χ1n) is 10.1. The first kappa shape index (κ1) is 25.2. The van der Waals surface area contributed by atoms with Crippen LogP contribution in [0.4, 0.5) is 4.79 Å². The van der Waals surface area contributed by atoms with Crippen molar-refractivity contribution in [1.29, 1.82) is 0 Å². The van der Waals surface area contributed by atoms with Crippen molar-refractivity contribution >= 4 is 36.0 Å². The van der Waals surface area contributed by atoms with E-state index in [4.69, 9.17) is 4.74 Å². The summed E-state index contributed by atoms with van der Waals surface area (Å²) >= 11 is 0. The number of halogens is 1. The van der Waals surface area contributed by atoms with Gasteiger partial charge in [-0.05, 0) is 34.2 Å². The van der Waals surface area contributed by atoms with Crippen LogP contribution >= 0.6 is 24.0 Å². The third-order valence-corrected chi connectivity index (χ3v) is 5.14. The standard InChI is InChI=1S/C19H38N6O2.HI/c1-7-23-8-10-24(11-9-23)15(2)12-21-17(20-6)22-16-13-25(14-16)18(26)27-19(3,4)5;/h15-16H,7-14H2,1-6H3,(H2,20,21,22);1H. The molecule has 0 spiro atoms. The number of likely N-dealkylation sites (tertiary alicyclic amines) is 1. The number of likely N-dealkylation sites (N-methyl/N-ethyl adjacent to an activating group) is 1. The van der Waals surface area contributed by atoms with Gasteiger partial charge in [0.1, 0.15) is 5.60 Å². The van der Waals surface area contributed by atoms with Crippen LogP contribution in [0.5, 0.6) is 0 Å². The highest BCUT2D eigenvalue weighted by Gasteiger charge is 2.34. The Kier molecular flexibility index (Phi) is 10.3. The van der Waals surface area contributed by atoms with E-state index in [1.807, 2.05) is 20.8 Å². The summed E-state index contributed by atoms with van der Waals surface area (Å²) in [5.41, 5.74) is -0.452. The van der Waals surface area contributed by atoms with Crippen molar-refractivity contribution in [2.45, 2.75) is 52.3 Å². The van der Waals surface area contributed by atoms with Crippen molar-refractivity contribution in [3.63, 3.8) is 0 Å². The van der Waals surface area contributed by atoms with Crippen LogP contribution in [0.25, 0.3) is 0 Å². The summed E-state index contributed by atoms with van der Waals surface area (Å²) < 4.78 is 5.39. The van der Waals surface area contributed by atoms with Crippen LogP contribution in [0, 0.1) is 0 Å². The zero-order valence-electron chi connectivity index (χ0n) is 18.3. The fraction of sp³-hybridized carbons (Fsp3) is 0.895. The Bertz CT molecular complexity index is 511. The molecule has 0 saturated carbocycles. The van der Waals surface area contributed by atoms with Crippen LogP contribution in [0.1, 0.15) is 34.6 Å². The summed E-state index contributed by atoms with van der Waals surface area (Å²) in [6.45, 7) is 18.0.